The number of fused-ring (bicyclic) bond motifs is 1. The Hall–Kier alpha value is -3.74. The zero-order valence-electron chi connectivity index (χ0n) is 17.8. The summed E-state index contributed by atoms with van der Waals surface area (Å²) in [5, 5.41) is 2.11. The first-order chi connectivity index (χ1) is 15.0. The highest BCUT2D eigenvalue weighted by atomic mass is 16.6. The quantitative estimate of drug-likeness (QED) is 0.491. The van der Waals surface area contributed by atoms with Crippen LogP contribution in [0.1, 0.15) is 5.56 Å². The fourth-order valence-electron chi connectivity index (χ4n) is 3.03. The van der Waals surface area contributed by atoms with Gasteiger partial charge in [0.25, 0.3) is 5.91 Å². The minimum Gasteiger partial charge on any atom is -0.497 e. The van der Waals surface area contributed by atoms with Gasteiger partial charge in [0, 0.05) is 13.6 Å². The van der Waals surface area contributed by atoms with Crippen LogP contribution in [0.3, 0.4) is 0 Å². The molecule has 7 nitrogen and oxygen atoms in total. The smallest absolute Gasteiger partial charge is 0.344 e. The van der Waals surface area contributed by atoms with E-state index < -0.39 is 5.97 Å². The van der Waals surface area contributed by atoms with Crippen LogP contribution in [0, 0.1) is 0 Å². The van der Waals surface area contributed by atoms with Crippen molar-refractivity contribution in [2.45, 2.75) is 6.54 Å². The van der Waals surface area contributed by atoms with E-state index in [4.69, 9.17) is 18.9 Å². The summed E-state index contributed by atoms with van der Waals surface area (Å²) in [6.07, 6.45) is 0. The van der Waals surface area contributed by atoms with Crippen molar-refractivity contribution >= 4 is 22.6 Å². The number of methoxy groups -OCH3 is 2. The summed E-state index contributed by atoms with van der Waals surface area (Å²) in [6, 6.07) is 18.8. The molecule has 7 heteroatoms. The lowest BCUT2D eigenvalue weighted by Crippen LogP contribution is -2.31. The Morgan fingerprint density at radius 3 is 2.29 bits per heavy atom. The average Bonchev–Trinajstić information content (AvgIpc) is 2.80. The number of ether oxygens (including phenoxy) is 4. The highest BCUT2D eigenvalue weighted by Gasteiger charge is 2.14. The number of carbonyl (C=O) groups excluding carboxylic acids is 2. The summed E-state index contributed by atoms with van der Waals surface area (Å²) in [4.78, 5) is 25.8. The largest absolute Gasteiger partial charge is 0.497 e. The van der Waals surface area contributed by atoms with Gasteiger partial charge >= 0.3 is 5.97 Å². The number of likely N-dealkylation sites (N-methyl/N-ethyl adjacent to an activating group) is 1. The Balaban J connectivity index is 1.48. The first kappa shape index (κ1) is 22.0. The van der Waals surface area contributed by atoms with Gasteiger partial charge in [-0.2, -0.15) is 0 Å². The Kier molecular flexibility index (Phi) is 7.32. The molecule has 0 aliphatic rings. The van der Waals surface area contributed by atoms with E-state index in [0.29, 0.717) is 18.0 Å². The number of nitrogens with zero attached hydrogens (tertiary/aromatic N) is 1. The number of carbonyl (C=O) groups is 2. The topological polar surface area (TPSA) is 74.3 Å². The van der Waals surface area contributed by atoms with Crippen molar-refractivity contribution in [2.24, 2.45) is 0 Å². The number of hydrogen-bond donors (Lipinski definition) is 0. The molecule has 0 fully saturated rings. The van der Waals surface area contributed by atoms with E-state index in [0.717, 1.165) is 22.1 Å². The molecule has 1 amide bonds. The van der Waals surface area contributed by atoms with Crippen molar-refractivity contribution in [1.29, 1.82) is 0 Å². The standard InChI is InChI=1S/C24H25NO6/c1-25(14-17-8-9-19-13-20(28-2)11-10-18(19)12-17)23(26)15-31-24(27)16-30-22-7-5-4-6-21(22)29-3/h4-13H,14-16H2,1-3H3. The van der Waals surface area contributed by atoms with Gasteiger partial charge in [-0.1, -0.05) is 30.3 Å². The van der Waals surface area contributed by atoms with Crippen LogP contribution in [-0.2, 0) is 20.9 Å². The van der Waals surface area contributed by atoms with Crippen LogP contribution in [0.15, 0.2) is 60.7 Å². The van der Waals surface area contributed by atoms with Gasteiger partial charge in [0.15, 0.2) is 24.7 Å². The lowest BCUT2D eigenvalue weighted by atomic mass is 10.1. The predicted molar refractivity (Wildman–Crippen MR) is 116 cm³/mol. The van der Waals surface area contributed by atoms with Crippen LogP contribution in [0.2, 0.25) is 0 Å². The summed E-state index contributed by atoms with van der Waals surface area (Å²) in [5.74, 6) is 0.802. The number of rotatable bonds is 9. The molecule has 0 atom stereocenters. The molecule has 0 aromatic heterocycles. The fraction of sp³-hybridized carbons (Fsp3) is 0.250. The Bertz CT molecular complexity index is 1060. The van der Waals surface area contributed by atoms with Gasteiger partial charge in [0.2, 0.25) is 0 Å². The first-order valence-electron chi connectivity index (χ1n) is 9.72. The molecule has 3 rings (SSSR count). The SMILES string of the molecule is COc1ccc2cc(CN(C)C(=O)COC(=O)COc3ccccc3OC)ccc2c1. The number of benzene rings is 3. The van der Waals surface area contributed by atoms with Crippen molar-refractivity contribution in [2.75, 3.05) is 34.5 Å². The van der Waals surface area contributed by atoms with Crippen molar-refractivity contribution < 1.29 is 28.5 Å². The number of amides is 1. The zero-order valence-corrected chi connectivity index (χ0v) is 17.8. The number of esters is 1. The molecular weight excluding hydrogens is 398 g/mol. The van der Waals surface area contributed by atoms with E-state index >= 15 is 0 Å². The summed E-state index contributed by atoms with van der Waals surface area (Å²) in [5.41, 5.74) is 0.972. The minimum absolute atomic E-state index is 0.305. The van der Waals surface area contributed by atoms with E-state index in [9.17, 15) is 9.59 Å². The maximum atomic E-state index is 12.3. The first-order valence-corrected chi connectivity index (χ1v) is 9.72. The van der Waals surface area contributed by atoms with Gasteiger partial charge in [-0.3, -0.25) is 4.79 Å². The van der Waals surface area contributed by atoms with Gasteiger partial charge in [-0.15, -0.1) is 0 Å². The summed E-state index contributed by atoms with van der Waals surface area (Å²) in [6.45, 7) is -0.267. The lowest BCUT2D eigenvalue weighted by Gasteiger charge is -2.18. The predicted octanol–water partition coefficient (Wildman–Crippen LogP) is 3.44. The van der Waals surface area contributed by atoms with Gasteiger partial charge < -0.3 is 23.8 Å². The van der Waals surface area contributed by atoms with Crippen molar-refractivity contribution in [3.05, 3.63) is 66.2 Å². The van der Waals surface area contributed by atoms with Crippen LogP contribution >= 0.6 is 0 Å². The molecule has 0 spiro atoms. The monoisotopic (exact) mass is 423 g/mol. The van der Waals surface area contributed by atoms with Crippen LogP contribution < -0.4 is 14.2 Å². The molecule has 162 valence electrons. The van der Waals surface area contributed by atoms with Gasteiger partial charge in [-0.05, 0) is 46.7 Å². The third-order valence-corrected chi connectivity index (χ3v) is 4.73. The van der Waals surface area contributed by atoms with E-state index in [1.807, 2.05) is 36.4 Å². The van der Waals surface area contributed by atoms with E-state index in [1.165, 1.54) is 12.0 Å². The third-order valence-electron chi connectivity index (χ3n) is 4.73. The minimum atomic E-state index is -0.632. The molecule has 0 radical (unpaired) electrons. The highest BCUT2D eigenvalue weighted by molar-refractivity contribution is 5.85. The molecule has 0 aliphatic heterocycles. The number of hydrogen-bond acceptors (Lipinski definition) is 6. The van der Waals surface area contributed by atoms with Crippen LogP contribution in [0.4, 0.5) is 0 Å². The van der Waals surface area contributed by atoms with Crippen molar-refractivity contribution in [1.82, 2.24) is 4.90 Å². The maximum Gasteiger partial charge on any atom is 0.344 e. The second-order valence-electron chi connectivity index (χ2n) is 6.90. The van der Waals surface area contributed by atoms with Crippen molar-refractivity contribution in [3.8, 4) is 17.2 Å². The highest BCUT2D eigenvalue weighted by Crippen LogP contribution is 2.25. The molecule has 0 heterocycles. The molecule has 0 saturated carbocycles. The Labute approximate surface area is 181 Å². The van der Waals surface area contributed by atoms with Crippen LogP contribution in [-0.4, -0.2) is 51.3 Å². The lowest BCUT2D eigenvalue weighted by molar-refractivity contribution is -0.153. The molecule has 0 N–H and O–H groups in total. The molecule has 31 heavy (non-hydrogen) atoms. The molecule has 0 aliphatic carbocycles. The second kappa shape index (κ2) is 10.3. The second-order valence-corrected chi connectivity index (χ2v) is 6.90. The molecule has 0 saturated heterocycles. The van der Waals surface area contributed by atoms with Gasteiger partial charge in [0.1, 0.15) is 5.75 Å². The molecule has 3 aromatic rings. The summed E-state index contributed by atoms with van der Waals surface area (Å²) < 4.78 is 20.8. The summed E-state index contributed by atoms with van der Waals surface area (Å²) >= 11 is 0. The van der Waals surface area contributed by atoms with Gasteiger partial charge in [-0.25, -0.2) is 4.79 Å². The van der Waals surface area contributed by atoms with Crippen LogP contribution in [0.5, 0.6) is 17.2 Å². The van der Waals surface area contributed by atoms with E-state index in [-0.39, 0.29) is 19.1 Å². The summed E-state index contributed by atoms with van der Waals surface area (Å²) in [7, 11) is 4.81. The maximum absolute atomic E-state index is 12.3. The number of para-hydroxylation sites is 2. The van der Waals surface area contributed by atoms with Crippen LogP contribution in [0.25, 0.3) is 10.8 Å². The fourth-order valence-corrected chi connectivity index (χ4v) is 3.03. The molecule has 0 bridgehead atoms. The third kappa shape index (κ3) is 5.88. The van der Waals surface area contributed by atoms with Gasteiger partial charge in [0.05, 0.1) is 14.2 Å². The Morgan fingerprint density at radius 2 is 1.55 bits per heavy atom. The molecule has 3 aromatic carbocycles. The molecule has 0 unspecified atom stereocenters. The normalized spacial score (nSPS) is 10.4. The van der Waals surface area contributed by atoms with Crippen molar-refractivity contribution in [3.63, 3.8) is 0 Å². The van der Waals surface area contributed by atoms with E-state index in [1.54, 1.807) is 38.4 Å². The Morgan fingerprint density at radius 1 is 0.839 bits per heavy atom. The molecular formula is C24H25NO6. The average molecular weight is 423 g/mol. The zero-order chi connectivity index (χ0) is 22.2. The van der Waals surface area contributed by atoms with E-state index in [2.05, 4.69) is 0 Å².